The molecule has 7 aromatic rings. The normalized spacial score (nSPS) is 13.3. The number of benzene rings is 6. The molecular weight excluding hydrogens is 496 g/mol. The lowest BCUT2D eigenvalue weighted by atomic mass is 9.82. The van der Waals surface area contributed by atoms with Crippen molar-refractivity contribution in [2.45, 2.75) is 19.3 Å². The number of nitrogens with zero attached hydrogens (tertiary/aromatic N) is 1. The zero-order valence-corrected chi connectivity index (χ0v) is 23.2. The van der Waals surface area contributed by atoms with Crippen LogP contribution in [0, 0.1) is 0 Å². The maximum atomic E-state index is 3.78. The number of hydrogen-bond donors (Lipinski definition) is 1. The van der Waals surface area contributed by atoms with Gasteiger partial charge in [-0.1, -0.05) is 111 Å². The Bertz CT molecular complexity index is 2060. The summed E-state index contributed by atoms with van der Waals surface area (Å²) in [7, 11) is 0. The molecule has 0 bridgehead atoms. The van der Waals surface area contributed by atoms with Crippen LogP contribution in [0.5, 0.6) is 0 Å². The summed E-state index contributed by atoms with van der Waals surface area (Å²) in [5.41, 5.74) is 13.6. The minimum Gasteiger partial charge on any atom is -0.355 e. The van der Waals surface area contributed by atoms with Gasteiger partial charge in [-0.25, -0.2) is 0 Å². The summed E-state index contributed by atoms with van der Waals surface area (Å²) in [5, 5.41) is 6.33. The molecule has 0 amide bonds. The van der Waals surface area contributed by atoms with E-state index in [0.717, 1.165) is 17.1 Å². The highest BCUT2D eigenvalue weighted by Gasteiger charge is 2.36. The van der Waals surface area contributed by atoms with Gasteiger partial charge in [0, 0.05) is 38.8 Å². The Hall–Kier alpha value is -5.08. The van der Waals surface area contributed by atoms with Crippen molar-refractivity contribution in [1.29, 1.82) is 0 Å². The second-order valence-electron chi connectivity index (χ2n) is 11.5. The van der Waals surface area contributed by atoms with E-state index in [0.29, 0.717) is 0 Å². The van der Waals surface area contributed by atoms with Gasteiger partial charge in [-0.2, -0.15) is 0 Å². The highest BCUT2D eigenvalue weighted by Crippen LogP contribution is 2.51. The Kier molecular flexibility index (Phi) is 5.20. The van der Waals surface area contributed by atoms with Crippen molar-refractivity contribution in [3.63, 3.8) is 0 Å². The Morgan fingerprint density at radius 2 is 1.15 bits per heavy atom. The van der Waals surface area contributed by atoms with E-state index in [-0.39, 0.29) is 5.41 Å². The lowest BCUT2D eigenvalue weighted by Gasteiger charge is -2.21. The summed E-state index contributed by atoms with van der Waals surface area (Å²) >= 11 is 0. The van der Waals surface area contributed by atoms with Gasteiger partial charge in [0.25, 0.3) is 0 Å². The molecule has 1 heterocycles. The standard InChI is InChI=1S/C39H30N2/c1-39(2)33-19-6-3-18-32(33)38-34(39)20-11-21-35(38)40-28-14-9-12-26(24-28)27-13-10-15-29(25-27)41-36-22-7-4-16-30(36)31-17-5-8-23-37(31)41/h3-25,40H,1-2H3. The molecule has 0 aliphatic heterocycles. The second-order valence-corrected chi connectivity index (χ2v) is 11.5. The van der Waals surface area contributed by atoms with Crippen molar-refractivity contribution in [1.82, 2.24) is 4.57 Å². The Morgan fingerprint density at radius 1 is 0.537 bits per heavy atom. The van der Waals surface area contributed by atoms with Gasteiger partial charge in [-0.15, -0.1) is 0 Å². The van der Waals surface area contributed by atoms with Crippen LogP contribution in [0.3, 0.4) is 0 Å². The molecule has 2 nitrogen and oxygen atoms in total. The minimum atomic E-state index is -0.0152. The molecule has 1 N–H and O–H groups in total. The molecule has 41 heavy (non-hydrogen) atoms. The summed E-state index contributed by atoms with van der Waals surface area (Å²) in [6.07, 6.45) is 0. The number of rotatable bonds is 4. The van der Waals surface area contributed by atoms with Gasteiger partial charge in [0.1, 0.15) is 0 Å². The molecule has 6 aromatic carbocycles. The minimum absolute atomic E-state index is 0.0152. The molecule has 1 aliphatic carbocycles. The quantitative estimate of drug-likeness (QED) is 0.241. The molecule has 196 valence electrons. The smallest absolute Gasteiger partial charge is 0.0541 e. The maximum absolute atomic E-state index is 3.78. The fourth-order valence-electron chi connectivity index (χ4n) is 6.82. The summed E-state index contributed by atoms with van der Waals surface area (Å²) in [6.45, 7) is 4.65. The first kappa shape index (κ1) is 23.8. The molecule has 0 radical (unpaired) electrons. The van der Waals surface area contributed by atoms with Crippen molar-refractivity contribution in [2.24, 2.45) is 0 Å². The van der Waals surface area contributed by atoms with Crippen LogP contribution in [0.1, 0.15) is 25.0 Å². The lowest BCUT2D eigenvalue weighted by Crippen LogP contribution is -2.14. The molecule has 0 unspecified atom stereocenters. The Balaban J connectivity index is 1.20. The number of fused-ring (bicyclic) bond motifs is 6. The number of anilines is 2. The van der Waals surface area contributed by atoms with Gasteiger partial charge >= 0.3 is 0 Å². The average molecular weight is 527 g/mol. The van der Waals surface area contributed by atoms with E-state index in [1.165, 1.54) is 55.2 Å². The van der Waals surface area contributed by atoms with Crippen LogP contribution in [-0.4, -0.2) is 4.57 Å². The molecule has 2 heteroatoms. The van der Waals surface area contributed by atoms with E-state index in [4.69, 9.17) is 0 Å². The predicted molar refractivity (Wildman–Crippen MR) is 174 cm³/mol. The number of aromatic nitrogens is 1. The largest absolute Gasteiger partial charge is 0.355 e. The van der Waals surface area contributed by atoms with Crippen LogP contribution in [0.2, 0.25) is 0 Å². The molecule has 0 spiro atoms. The predicted octanol–water partition coefficient (Wildman–Crippen LogP) is 10.5. The molecule has 0 saturated heterocycles. The van der Waals surface area contributed by atoms with Crippen molar-refractivity contribution >= 4 is 33.2 Å². The van der Waals surface area contributed by atoms with E-state index in [1.54, 1.807) is 0 Å². The third-order valence-corrected chi connectivity index (χ3v) is 8.77. The van der Waals surface area contributed by atoms with Gasteiger partial charge in [0.05, 0.1) is 11.0 Å². The Morgan fingerprint density at radius 3 is 1.93 bits per heavy atom. The SMILES string of the molecule is CC1(C)c2ccccc2-c2c(Nc3cccc(-c4cccc(-n5c6ccccc6c6ccccc65)c4)c3)cccc21. The zero-order valence-electron chi connectivity index (χ0n) is 23.2. The van der Waals surface area contributed by atoms with Gasteiger partial charge < -0.3 is 9.88 Å². The lowest BCUT2D eigenvalue weighted by molar-refractivity contribution is 0.660. The van der Waals surface area contributed by atoms with E-state index >= 15 is 0 Å². The number of nitrogens with one attached hydrogen (secondary N) is 1. The third kappa shape index (κ3) is 3.64. The van der Waals surface area contributed by atoms with E-state index in [9.17, 15) is 0 Å². The fourth-order valence-corrected chi connectivity index (χ4v) is 6.82. The molecular formula is C39H30N2. The summed E-state index contributed by atoms with van der Waals surface area (Å²) < 4.78 is 2.38. The number of para-hydroxylation sites is 2. The molecule has 1 aromatic heterocycles. The van der Waals surface area contributed by atoms with Gasteiger partial charge in [-0.3, -0.25) is 0 Å². The fraction of sp³-hybridized carbons (Fsp3) is 0.0769. The number of hydrogen-bond acceptors (Lipinski definition) is 1. The average Bonchev–Trinajstić information content (AvgIpc) is 3.47. The first-order valence-corrected chi connectivity index (χ1v) is 14.3. The molecule has 8 rings (SSSR count). The van der Waals surface area contributed by atoms with Gasteiger partial charge in [0.2, 0.25) is 0 Å². The highest BCUT2D eigenvalue weighted by atomic mass is 15.0. The monoisotopic (exact) mass is 526 g/mol. The zero-order chi connectivity index (χ0) is 27.6. The molecule has 0 fully saturated rings. The van der Waals surface area contributed by atoms with Gasteiger partial charge in [0.15, 0.2) is 0 Å². The van der Waals surface area contributed by atoms with Crippen LogP contribution in [0.25, 0.3) is 49.7 Å². The summed E-state index contributed by atoms with van der Waals surface area (Å²) in [6, 6.07) is 50.4. The van der Waals surface area contributed by atoms with E-state index in [2.05, 4.69) is 163 Å². The molecule has 0 saturated carbocycles. The van der Waals surface area contributed by atoms with Gasteiger partial charge in [-0.05, 0) is 70.3 Å². The Labute approximate surface area is 240 Å². The van der Waals surface area contributed by atoms with E-state index in [1.807, 2.05) is 0 Å². The van der Waals surface area contributed by atoms with Crippen molar-refractivity contribution in [3.05, 3.63) is 151 Å². The molecule has 1 aliphatic rings. The first-order chi connectivity index (χ1) is 20.1. The highest BCUT2D eigenvalue weighted by molar-refractivity contribution is 6.09. The van der Waals surface area contributed by atoms with Crippen LogP contribution in [0.4, 0.5) is 11.4 Å². The second kappa shape index (κ2) is 8.97. The van der Waals surface area contributed by atoms with Crippen molar-refractivity contribution in [3.8, 4) is 27.9 Å². The first-order valence-electron chi connectivity index (χ1n) is 14.3. The van der Waals surface area contributed by atoms with Crippen LogP contribution in [-0.2, 0) is 5.41 Å². The topological polar surface area (TPSA) is 17.0 Å². The summed E-state index contributed by atoms with van der Waals surface area (Å²) in [5.74, 6) is 0. The maximum Gasteiger partial charge on any atom is 0.0541 e. The third-order valence-electron chi connectivity index (χ3n) is 8.77. The molecule has 0 atom stereocenters. The summed E-state index contributed by atoms with van der Waals surface area (Å²) in [4.78, 5) is 0. The van der Waals surface area contributed by atoms with Crippen LogP contribution in [0.15, 0.2) is 140 Å². The van der Waals surface area contributed by atoms with Crippen LogP contribution < -0.4 is 5.32 Å². The van der Waals surface area contributed by atoms with E-state index < -0.39 is 0 Å². The van der Waals surface area contributed by atoms with Crippen molar-refractivity contribution < 1.29 is 0 Å². The van der Waals surface area contributed by atoms with Crippen molar-refractivity contribution in [2.75, 3.05) is 5.32 Å². The van der Waals surface area contributed by atoms with Crippen LogP contribution >= 0.6 is 0 Å².